The number of nitrogens with two attached hydrogens (primary N) is 1. The Labute approximate surface area is 97.4 Å². The number of likely N-dealkylation sites (N-methyl/N-ethyl adjacent to an activating group) is 1. The second-order valence-electron chi connectivity index (χ2n) is 3.68. The minimum absolute atomic E-state index is 0.668. The quantitative estimate of drug-likeness (QED) is 0.702. The van der Waals surface area contributed by atoms with Crippen LogP contribution >= 0.6 is 0 Å². The zero-order valence-corrected chi connectivity index (χ0v) is 10.1. The molecule has 0 saturated heterocycles. The van der Waals surface area contributed by atoms with Crippen molar-refractivity contribution >= 4 is 5.82 Å². The zero-order valence-electron chi connectivity index (χ0n) is 10.1. The van der Waals surface area contributed by atoms with Gasteiger partial charge >= 0.3 is 0 Å². The number of ether oxygens (including phenoxy) is 1. The maximum absolute atomic E-state index is 5.48. The molecule has 16 heavy (non-hydrogen) atoms. The van der Waals surface area contributed by atoms with Crippen molar-refractivity contribution in [3.63, 3.8) is 0 Å². The van der Waals surface area contributed by atoms with Gasteiger partial charge in [0.1, 0.15) is 5.82 Å². The average molecular weight is 223 g/mol. The van der Waals surface area contributed by atoms with Gasteiger partial charge in [-0.3, -0.25) is 0 Å². The lowest BCUT2D eigenvalue weighted by Gasteiger charge is -2.17. The Hall–Kier alpha value is -1.13. The van der Waals surface area contributed by atoms with E-state index in [1.54, 1.807) is 0 Å². The number of hydrogen-bond acceptors (Lipinski definition) is 4. The first-order chi connectivity index (χ1) is 7.77. The van der Waals surface area contributed by atoms with Gasteiger partial charge < -0.3 is 15.4 Å². The van der Waals surface area contributed by atoms with Crippen molar-refractivity contribution in [2.75, 3.05) is 38.3 Å². The number of rotatable bonds is 7. The van der Waals surface area contributed by atoms with E-state index >= 15 is 0 Å². The molecule has 0 bridgehead atoms. The summed E-state index contributed by atoms with van der Waals surface area (Å²) in [6.45, 7) is 5.02. The Balaban J connectivity index is 2.46. The van der Waals surface area contributed by atoms with E-state index in [1.807, 2.05) is 26.2 Å². The van der Waals surface area contributed by atoms with Gasteiger partial charge in [0.05, 0.1) is 6.61 Å². The molecule has 1 rings (SSSR count). The van der Waals surface area contributed by atoms with Crippen molar-refractivity contribution in [1.82, 2.24) is 4.98 Å². The van der Waals surface area contributed by atoms with E-state index in [1.165, 1.54) is 5.56 Å². The van der Waals surface area contributed by atoms with E-state index in [0.717, 1.165) is 32.0 Å². The molecular weight excluding hydrogens is 202 g/mol. The molecule has 0 radical (unpaired) electrons. The standard InChI is InChI=1S/C12H21N3O/c1-3-16-9-8-15(2)12-5-4-11(6-7-13)10-14-12/h4-5,10H,3,6-9,13H2,1-2H3. The molecule has 0 saturated carbocycles. The number of nitrogens with zero attached hydrogens (tertiary/aromatic N) is 2. The largest absolute Gasteiger partial charge is 0.380 e. The molecule has 4 nitrogen and oxygen atoms in total. The fraction of sp³-hybridized carbons (Fsp3) is 0.583. The monoisotopic (exact) mass is 223 g/mol. The van der Waals surface area contributed by atoms with Crippen LogP contribution in [0.3, 0.4) is 0 Å². The van der Waals surface area contributed by atoms with E-state index in [9.17, 15) is 0 Å². The highest BCUT2D eigenvalue weighted by Crippen LogP contribution is 2.09. The molecule has 0 atom stereocenters. The lowest BCUT2D eigenvalue weighted by molar-refractivity contribution is 0.154. The highest BCUT2D eigenvalue weighted by atomic mass is 16.5. The van der Waals surface area contributed by atoms with Crippen LogP contribution < -0.4 is 10.6 Å². The van der Waals surface area contributed by atoms with Crippen LogP contribution in [0.15, 0.2) is 18.3 Å². The third-order valence-electron chi connectivity index (χ3n) is 2.41. The SMILES string of the molecule is CCOCCN(C)c1ccc(CCN)cn1. The van der Waals surface area contributed by atoms with E-state index in [2.05, 4.69) is 16.0 Å². The molecule has 0 amide bonds. The highest BCUT2D eigenvalue weighted by molar-refractivity contribution is 5.38. The number of anilines is 1. The molecule has 0 aliphatic carbocycles. The Kier molecular flexibility index (Phi) is 5.82. The third kappa shape index (κ3) is 4.16. The molecule has 0 aliphatic heterocycles. The van der Waals surface area contributed by atoms with Crippen molar-refractivity contribution in [3.05, 3.63) is 23.9 Å². The Morgan fingerprint density at radius 2 is 2.25 bits per heavy atom. The molecule has 0 unspecified atom stereocenters. The number of pyridine rings is 1. The van der Waals surface area contributed by atoms with Crippen LogP contribution in [0, 0.1) is 0 Å². The summed E-state index contributed by atoms with van der Waals surface area (Å²) >= 11 is 0. The molecular formula is C12H21N3O. The number of aromatic nitrogens is 1. The summed E-state index contributed by atoms with van der Waals surface area (Å²) in [4.78, 5) is 6.48. The Bertz CT molecular complexity index is 287. The molecule has 2 N–H and O–H groups in total. The summed E-state index contributed by atoms with van der Waals surface area (Å²) in [7, 11) is 2.02. The van der Waals surface area contributed by atoms with Crippen LogP contribution in [0.5, 0.6) is 0 Å². The van der Waals surface area contributed by atoms with Crippen LogP contribution in [-0.4, -0.2) is 38.3 Å². The molecule has 90 valence electrons. The summed E-state index contributed by atoms with van der Waals surface area (Å²) < 4.78 is 5.30. The van der Waals surface area contributed by atoms with Crippen molar-refractivity contribution in [3.8, 4) is 0 Å². The molecule has 0 aliphatic rings. The van der Waals surface area contributed by atoms with Gasteiger partial charge in [0.2, 0.25) is 0 Å². The van der Waals surface area contributed by atoms with E-state index in [4.69, 9.17) is 10.5 Å². The maximum Gasteiger partial charge on any atom is 0.128 e. The molecule has 1 heterocycles. The lowest BCUT2D eigenvalue weighted by atomic mass is 10.2. The Morgan fingerprint density at radius 1 is 1.44 bits per heavy atom. The van der Waals surface area contributed by atoms with Crippen LogP contribution in [0.4, 0.5) is 5.82 Å². The summed E-state index contributed by atoms with van der Waals surface area (Å²) in [5.41, 5.74) is 6.67. The Morgan fingerprint density at radius 3 is 2.81 bits per heavy atom. The molecule has 0 fully saturated rings. The second kappa shape index (κ2) is 7.19. The fourth-order valence-electron chi connectivity index (χ4n) is 1.42. The van der Waals surface area contributed by atoms with Gasteiger partial charge in [0.25, 0.3) is 0 Å². The van der Waals surface area contributed by atoms with Crippen molar-refractivity contribution < 1.29 is 4.74 Å². The highest BCUT2D eigenvalue weighted by Gasteiger charge is 2.01. The van der Waals surface area contributed by atoms with Gasteiger partial charge in [-0.05, 0) is 31.5 Å². The van der Waals surface area contributed by atoms with Crippen LogP contribution in [0.25, 0.3) is 0 Å². The van der Waals surface area contributed by atoms with Gasteiger partial charge in [-0.15, -0.1) is 0 Å². The minimum atomic E-state index is 0.668. The van der Waals surface area contributed by atoms with E-state index in [0.29, 0.717) is 6.54 Å². The van der Waals surface area contributed by atoms with Crippen molar-refractivity contribution in [2.24, 2.45) is 5.73 Å². The van der Waals surface area contributed by atoms with E-state index < -0.39 is 0 Å². The van der Waals surface area contributed by atoms with Gasteiger partial charge in [-0.2, -0.15) is 0 Å². The molecule has 0 spiro atoms. The van der Waals surface area contributed by atoms with Crippen molar-refractivity contribution in [2.45, 2.75) is 13.3 Å². The summed E-state index contributed by atoms with van der Waals surface area (Å²) in [6, 6.07) is 4.10. The lowest BCUT2D eigenvalue weighted by Crippen LogP contribution is -2.23. The van der Waals surface area contributed by atoms with Crippen molar-refractivity contribution in [1.29, 1.82) is 0 Å². The minimum Gasteiger partial charge on any atom is -0.380 e. The first-order valence-corrected chi connectivity index (χ1v) is 5.71. The fourth-order valence-corrected chi connectivity index (χ4v) is 1.42. The topological polar surface area (TPSA) is 51.4 Å². The normalized spacial score (nSPS) is 10.4. The first-order valence-electron chi connectivity index (χ1n) is 5.71. The summed E-state index contributed by atoms with van der Waals surface area (Å²) in [5, 5.41) is 0. The molecule has 1 aromatic rings. The zero-order chi connectivity index (χ0) is 11.8. The van der Waals surface area contributed by atoms with Crippen LogP contribution in [-0.2, 0) is 11.2 Å². The van der Waals surface area contributed by atoms with Gasteiger partial charge in [-0.25, -0.2) is 4.98 Å². The maximum atomic E-state index is 5.48. The second-order valence-corrected chi connectivity index (χ2v) is 3.68. The average Bonchev–Trinajstić information content (AvgIpc) is 2.30. The predicted octanol–water partition coefficient (Wildman–Crippen LogP) is 1.06. The van der Waals surface area contributed by atoms with Crippen LogP contribution in [0.1, 0.15) is 12.5 Å². The van der Waals surface area contributed by atoms with E-state index in [-0.39, 0.29) is 0 Å². The van der Waals surface area contributed by atoms with Crippen LogP contribution in [0.2, 0.25) is 0 Å². The summed E-state index contributed by atoms with van der Waals surface area (Å²) in [6.07, 6.45) is 2.77. The van der Waals surface area contributed by atoms with Gasteiger partial charge in [-0.1, -0.05) is 6.07 Å². The van der Waals surface area contributed by atoms with Gasteiger partial charge in [0, 0.05) is 26.4 Å². The smallest absolute Gasteiger partial charge is 0.128 e. The third-order valence-corrected chi connectivity index (χ3v) is 2.41. The molecule has 1 aromatic heterocycles. The summed E-state index contributed by atoms with van der Waals surface area (Å²) in [5.74, 6) is 0.973. The molecule has 0 aromatic carbocycles. The molecule has 4 heteroatoms. The predicted molar refractivity (Wildman–Crippen MR) is 66.8 cm³/mol. The van der Waals surface area contributed by atoms with Gasteiger partial charge in [0.15, 0.2) is 0 Å². The number of hydrogen-bond donors (Lipinski definition) is 1. The first kappa shape index (κ1) is 12.9.